The Morgan fingerprint density at radius 3 is 1.69 bits per heavy atom. The molecule has 10 nitrogen and oxygen atoms in total. The fraction of sp³-hybridized carbons (Fsp3) is 0.214. The molecule has 0 radical (unpaired) electrons. The van der Waals surface area contributed by atoms with Crippen LogP contribution in [0.4, 0.5) is 8.78 Å². The highest BCUT2D eigenvalue weighted by molar-refractivity contribution is 7.98. The van der Waals surface area contributed by atoms with E-state index < -0.39 is 9.84 Å². The van der Waals surface area contributed by atoms with Crippen LogP contribution in [0.5, 0.6) is 0 Å². The molecular formula is C28H26F2N8O2S2. The highest BCUT2D eigenvalue weighted by Gasteiger charge is 2.21. The fourth-order valence-electron chi connectivity index (χ4n) is 4.36. The molecule has 2 aromatic carbocycles. The molecule has 0 saturated heterocycles. The highest BCUT2D eigenvalue weighted by Crippen LogP contribution is 2.28. The topological polar surface area (TPSA) is 121 Å². The van der Waals surface area contributed by atoms with Crippen molar-refractivity contribution >= 4 is 43.9 Å². The van der Waals surface area contributed by atoms with Gasteiger partial charge in [-0.05, 0) is 67.6 Å². The summed E-state index contributed by atoms with van der Waals surface area (Å²) in [6, 6.07) is 8.81. The molecule has 42 heavy (non-hydrogen) atoms. The molecule has 14 heteroatoms. The number of rotatable bonds is 4. The average molecular weight is 609 g/mol. The van der Waals surface area contributed by atoms with Gasteiger partial charge in [0.05, 0.1) is 12.7 Å². The molecule has 6 aromatic rings. The Bertz CT molecular complexity index is 2090. The molecule has 0 aliphatic rings. The van der Waals surface area contributed by atoms with Crippen molar-refractivity contribution in [1.82, 2.24) is 39.0 Å². The van der Waals surface area contributed by atoms with E-state index in [4.69, 9.17) is 0 Å². The van der Waals surface area contributed by atoms with Crippen LogP contribution < -0.4 is 0 Å². The highest BCUT2D eigenvalue weighted by atomic mass is 32.2. The molecular weight excluding hydrogens is 582 g/mol. The summed E-state index contributed by atoms with van der Waals surface area (Å²) in [6.07, 6.45) is 6.23. The fourth-order valence-corrected chi connectivity index (χ4v) is 5.62. The van der Waals surface area contributed by atoms with E-state index in [1.165, 1.54) is 48.4 Å². The van der Waals surface area contributed by atoms with Crippen LogP contribution in [0.3, 0.4) is 0 Å². The number of sulfone groups is 1. The summed E-state index contributed by atoms with van der Waals surface area (Å²) < 4.78 is 53.9. The molecule has 0 saturated carbocycles. The van der Waals surface area contributed by atoms with Crippen molar-refractivity contribution in [3.8, 4) is 22.8 Å². The summed E-state index contributed by atoms with van der Waals surface area (Å²) in [5, 5.41) is 0.700. The van der Waals surface area contributed by atoms with Gasteiger partial charge in [0.2, 0.25) is 0 Å². The Balaban J connectivity index is 0.000000169. The molecule has 0 bridgehead atoms. The molecule has 0 unspecified atom stereocenters. The minimum atomic E-state index is -3.57. The quantitative estimate of drug-likeness (QED) is 0.199. The van der Waals surface area contributed by atoms with E-state index >= 15 is 0 Å². The molecule has 0 aliphatic heterocycles. The van der Waals surface area contributed by atoms with E-state index in [1.807, 2.05) is 24.8 Å². The number of aryl methyl sites for hydroxylation is 4. The Morgan fingerprint density at radius 1 is 0.738 bits per heavy atom. The molecule has 0 spiro atoms. The summed E-state index contributed by atoms with van der Waals surface area (Å²) in [7, 11) is 0.0459. The van der Waals surface area contributed by atoms with Crippen molar-refractivity contribution in [1.29, 1.82) is 0 Å². The van der Waals surface area contributed by atoms with E-state index in [-0.39, 0.29) is 28.0 Å². The second kappa shape index (κ2) is 11.2. The van der Waals surface area contributed by atoms with E-state index in [1.54, 1.807) is 30.9 Å². The van der Waals surface area contributed by atoms with Gasteiger partial charge in [0, 0.05) is 31.5 Å². The maximum atomic E-state index is 13.2. The largest absolute Gasteiger partial charge is 0.318 e. The lowest BCUT2D eigenvalue weighted by atomic mass is 10.1. The van der Waals surface area contributed by atoms with Crippen molar-refractivity contribution in [2.24, 2.45) is 14.1 Å². The SMILES string of the molecule is CSc1nc(-c2ccc(F)cc2C)nc2c1ncn2C.Cc1cc(F)ccc1-c1nc(S(C)(=O)=O)c2ncn(C)c2n1. The van der Waals surface area contributed by atoms with Crippen LogP contribution in [-0.2, 0) is 23.9 Å². The number of nitrogens with zero attached hydrogens (tertiary/aromatic N) is 8. The van der Waals surface area contributed by atoms with Crippen LogP contribution in [0.1, 0.15) is 11.1 Å². The third-order valence-corrected chi connectivity index (χ3v) is 8.12. The number of hydrogen-bond donors (Lipinski definition) is 0. The maximum Gasteiger partial charge on any atom is 0.195 e. The number of imidazole rings is 2. The number of benzene rings is 2. The maximum absolute atomic E-state index is 13.2. The van der Waals surface area contributed by atoms with Crippen molar-refractivity contribution in [3.63, 3.8) is 0 Å². The molecule has 4 heterocycles. The minimum absolute atomic E-state index is 0.128. The van der Waals surface area contributed by atoms with Crippen LogP contribution in [0.15, 0.2) is 59.1 Å². The molecule has 0 atom stereocenters. The van der Waals surface area contributed by atoms with Crippen LogP contribution >= 0.6 is 11.8 Å². The predicted octanol–water partition coefficient (Wildman–Crippen LogP) is 5.08. The first-order valence-corrected chi connectivity index (χ1v) is 15.6. The standard InChI is InChI=1S/C14H13FN4O2S.C14H13FN4S/c1-8-6-9(15)4-5-10(8)12-17-13-11(16-7-19(13)2)14(18-12)22(3,20)21;1-8-6-9(15)4-5-10(8)12-17-13-11(14(18-12)20-3)16-7-19(13)2/h4-7H,1-3H3;4-7H,1-3H3. The van der Waals surface area contributed by atoms with Crippen molar-refractivity contribution < 1.29 is 17.2 Å². The Morgan fingerprint density at radius 2 is 1.21 bits per heavy atom. The Hall–Kier alpha value is -4.30. The lowest BCUT2D eigenvalue weighted by molar-refractivity contribution is 0.599. The van der Waals surface area contributed by atoms with Crippen molar-refractivity contribution in [2.45, 2.75) is 23.9 Å². The minimum Gasteiger partial charge on any atom is -0.318 e. The lowest BCUT2D eigenvalue weighted by Gasteiger charge is -2.07. The van der Waals surface area contributed by atoms with Gasteiger partial charge in [-0.25, -0.2) is 47.1 Å². The molecule has 0 N–H and O–H groups in total. The van der Waals surface area contributed by atoms with Crippen LogP contribution in [0.2, 0.25) is 0 Å². The second-order valence-corrected chi connectivity index (χ2v) is 12.4. The molecule has 0 fully saturated rings. The number of aromatic nitrogens is 8. The summed E-state index contributed by atoms with van der Waals surface area (Å²) in [4.78, 5) is 26.0. The first-order valence-electron chi connectivity index (χ1n) is 12.5. The first-order chi connectivity index (χ1) is 19.9. The monoisotopic (exact) mass is 608 g/mol. The van der Waals surface area contributed by atoms with Crippen molar-refractivity contribution in [3.05, 3.63) is 71.8 Å². The van der Waals surface area contributed by atoms with Gasteiger partial charge in [0.15, 0.2) is 37.8 Å². The molecule has 216 valence electrons. The number of halogens is 2. The molecule has 4 aromatic heterocycles. The number of fused-ring (bicyclic) bond motifs is 2. The van der Waals surface area contributed by atoms with Crippen molar-refractivity contribution in [2.75, 3.05) is 12.5 Å². The third kappa shape index (κ3) is 5.59. The van der Waals surface area contributed by atoms with E-state index in [0.717, 1.165) is 33.6 Å². The Kier molecular flexibility index (Phi) is 7.77. The summed E-state index contributed by atoms with van der Waals surface area (Å²) in [5.41, 5.74) is 5.08. The second-order valence-electron chi connectivity index (χ2n) is 9.65. The van der Waals surface area contributed by atoms with Crippen LogP contribution in [0.25, 0.3) is 45.1 Å². The summed E-state index contributed by atoms with van der Waals surface area (Å²) in [5.74, 6) is 0.209. The van der Waals surface area contributed by atoms with Gasteiger partial charge in [-0.15, -0.1) is 11.8 Å². The average Bonchev–Trinajstić information content (AvgIpc) is 3.49. The van der Waals surface area contributed by atoms with E-state index in [9.17, 15) is 17.2 Å². The van der Waals surface area contributed by atoms with Gasteiger partial charge in [-0.3, -0.25) is 0 Å². The van der Waals surface area contributed by atoms with Gasteiger partial charge in [0.1, 0.15) is 27.7 Å². The predicted molar refractivity (Wildman–Crippen MR) is 158 cm³/mol. The zero-order valence-corrected chi connectivity index (χ0v) is 25.2. The van der Waals surface area contributed by atoms with Gasteiger partial charge in [-0.1, -0.05) is 0 Å². The van der Waals surface area contributed by atoms with Gasteiger partial charge >= 0.3 is 0 Å². The normalized spacial score (nSPS) is 11.6. The number of hydrogen-bond acceptors (Lipinski definition) is 9. The van der Waals surface area contributed by atoms with Gasteiger partial charge in [-0.2, -0.15) is 0 Å². The zero-order chi connectivity index (χ0) is 30.3. The third-order valence-electron chi connectivity index (χ3n) is 6.46. The van der Waals surface area contributed by atoms with Gasteiger partial charge < -0.3 is 9.13 Å². The number of thioether (sulfide) groups is 1. The molecule has 0 amide bonds. The summed E-state index contributed by atoms with van der Waals surface area (Å²) >= 11 is 1.53. The Labute approximate surface area is 244 Å². The van der Waals surface area contributed by atoms with E-state index in [2.05, 4.69) is 29.9 Å². The zero-order valence-electron chi connectivity index (χ0n) is 23.6. The first kappa shape index (κ1) is 29.2. The molecule has 0 aliphatic carbocycles. The van der Waals surface area contributed by atoms with Gasteiger partial charge in [0.25, 0.3) is 0 Å². The molecule has 6 rings (SSSR count). The van der Waals surface area contributed by atoms with E-state index in [0.29, 0.717) is 22.6 Å². The van der Waals surface area contributed by atoms with Crippen LogP contribution in [0, 0.1) is 25.5 Å². The lowest BCUT2D eigenvalue weighted by Crippen LogP contribution is -2.06. The summed E-state index contributed by atoms with van der Waals surface area (Å²) in [6.45, 7) is 3.57. The van der Waals surface area contributed by atoms with Crippen LogP contribution in [-0.4, -0.2) is 60.0 Å². The smallest absolute Gasteiger partial charge is 0.195 e.